The summed E-state index contributed by atoms with van der Waals surface area (Å²) in [7, 11) is 1.33. The van der Waals surface area contributed by atoms with Gasteiger partial charge in [-0.1, -0.05) is 0 Å². The summed E-state index contributed by atoms with van der Waals surface area (Å²) in [5, 5.41) is 9.06. The van der Waals surface area contributed by atoms with Gasteiger partial charge in [0.05, 0.1) is 5.69 Å². The molecule has 2 aromatic heterocycles. The van der Waals surface area contributed by atoms with Gasteiger partial charge in [0.25, 0.3) is 0 Å². The van der Waals surface area contributed by atoms with Crippen molar-refractivity contribution in [2.24, 2.45) is 7.05 Å². The summed E-state index contributed by atoms with van der Waals surface area (Å²) in [4.78, 5) is 4.49. The van der Waals surface area contributed by atoms with Gasteiger partial charge in [0.1, 0.15) is 0 Å². The van der Waals surface area contributed by atoms with E-state index in [1.807, 2.05) is 24.9 Å². The summed E-state index contributed by atoms with van der Waals surface area (Å²) in [6.45, 7) is 2.83. The molecular formula is C14H20N4OS. The largest absolute Gasteiger partial charge is 0.310 e. The molecule has 0 aliphatic carbocycles. The van der Waals surface area contributed by atoms with Gasteiger partial charge in [0.2, 0.25) is 0 Å². The van der Waals surface area contributed by atoms with E-state index in [4.69, 9.17) is 0 Å². The molecule has 0 saturated carbocycles. The maximum Gasteiger partial charge on any atom is 0.157 e. The predicted octanol–water partition coefficient (Wildman–Crippen LogP) is 1.28. The van der Waals surface area contributed by atoms with Crippen LogP contribution in [0.3, 0.4) is 0 Å². The van der Waals surface area contributed by atoms with Gasteiger partial charge in [-0.15, -0.1) is 0 Å². The predicted molar refractivity (Wildman–Crippen MR) is 81.0 cm³/mol. The minimum Gasteiger partial charge on any atom is -0.310 e. The van der Waals surface area contributed by atoms with Crippen LogP contribution in [0.25, 0.3) is 11.0 Å². The number of fused-ring (bicyclic) bond motifs is 1. The Hall–Kier alpha value is -1.27. The van der Waals surface area contributed by atoms with Gasteiger partial charge in [-0.3, -0.25) is 8.89 Å². The van der Waals surface area contributed by atoms with Crippen LogP contribution in [0.15, 0.2) is 12.3 Å². The Morgan fingerprint density at radius 2 is 2.20 bits per heavy atom. The van der Waals surface area contributed by atoms with Crippen molar-refractivity contribution in [3.63, 3.8) is 0 Å². The minimum absolute atomic E-state index is 0.485. The number of hydrogen-bond donors (Lipinski definition) is 1. The first-order valence-electron chi connectivity index (χ1n) is 7.00. The van der Waals surface area contributed by atoms with E-state index in [2.05, 4.69) is 21.5 Å². The van der Waals surface area contributed by atoms with Crippen LogP contribution in [0.2, 0.25) is 0 Å². The molecule has 3 heterocycles. The van der Waals surface area contributed by atoms with E-state index in [0.29, 0.717) is 6.04 Å². The molecule has 2 aromatic rings. The Morgan fingerprint density at radius 3 is 2.95 bits per heavy atom. The molecule has 0 spiro atoms. The first kappa shape index (κ1) is 13.7. The molecule has 1 N–H and O–H groups in total. The molecule has 0 unspecified atom stereocenters. The lowest BCUT2D eigenvalue weighted by Crippen LogP contribution is -2.35. The summed E-state index contributed by atoms with van der Waals surface area (Å²) in [5.41, 5.74) is 3.13. The van der Waals surface area contributed by atoms with Crippen molar-refractivity contribution in [3.8, 4) is 0 Å². The molecule has 0 radical (unpaired) electrons. The van der Waals surface area contributed by atoms with Gasteiger partial charge < -0.3 is 5.32 Å². The van der Waals surface area contributed by atoms with E-state index >= 15 is 0 Å². The normalized spacial score (nSPS) is 23.3. The van der Waals surface area contributed by atoms with Crippen molar-refractivity contribution in [3.05, 3.63) is 23.5 Å². The Kier molecular flexibility index (Phi) is 3.85. The quantitative estimate of drug-likeness (QED) is 0.926. The zero-order valence-corrected chi connectivity index (χ0v) is 12.7. The zero-order valence-electron chi connectivity index (χ0n) is 11.9. The van der Waals surface area contributed by atoms with Gasteiger partial charge >= 0.3 is 0 Å². The maximum absolute atomic E-state index is 11.3. The number of aryl methyl sites for hydroxylation is 2. The molecule has 0 bridgehead atoms. The van der Waals surface area contributed by atoms with Crippen molar-refractivity contribution >= 4 is 21.8 Å². The highest BCUT2D eigenvalue weighted by Gasteiger charge is 2.17. The monoisotopic (exact) mass is 292 g/mol. The number of hydrogen-bond acceptors (Lipinski definition) is 4. The molecule has 3 rings (SSSR count). The summed E-state index contributed by atoms with van der Waals surface area (Å²) in [6, 6.07) is 2.65. The van der Waals surface area contributed by atoms with Crippen LogP contribution in [0.1, 0.15) is 24.1 Å². The SMILES string of the molecule is Cc1nn(C)c2ncc(CNC3CCS(=O)CC3)cc12. The van der Waals surface area contributed by atoms with Crippen LogP contribution in [0, 0.1) is 6.92 Å². The fourth-order valence-electron chi connectivity index (χ4n) is 2.71. The van der Waals surface area contributed by atoms with Crippen molar-refractivity contribution in [1.82, 2.24) is 20.1 Å². The lowest BCUT2D eigenvalue weighted by atomic mass is 10.1. The third-order valence-corrected chi connectivity index (χ3v) is 5.28. The minimum atomic E-state index is -0.591. The van der Waals surface area contributed by atoms with E-state index in [1.54, 1.807) is 0 Å². The third-order valence-electron chi connectivity index (χ3n) is 3.90. The Morgan fingerprint density at radius 1 is 1.45 bits per heavy atom. The molecule has 1 aliphatic heterocycles. The van der Waals surface area contributed by atoms with Gasteiger partial charge in [-0.2, -0.15) is 5.10 Å². The molecule has 1 fully saturated rings. The van der Waals surface area contributed by atoms with Gasteiger partial charge in [-0.25, -0.2) is 4.98 Å². The first-order chi connectivity index (χ1) is 9.63. The average molecular weight is 292 g/mol. The standard InChI is InChI=1S/C14H20N4OS/c1-10-13-7-11(9-16-14(13)18(2)17-10)8-15-12-3-5-20(19)6-4-12/h7,9,12,15H,3-6,8H2,1-2H3. The van der Waals surface area contributed by atoms with Crippen molar-refractivity contribution in [2.75, 3.05) is 11.5 Å². The molecule has 0 amide bonds. The van der Waals surface area contributed by atoms with E-state index in [-0.39, 0.29) is 0 Å². The Bertz CT molecular complexity index is 642. The van der Waals surface area contributed by atoms with Gasteiger partial charge in [-0.05, 0) is 31.4 Å². The van der Waals surface area contributed by atoms with Crippen LogP contribution in [-0.2, 0) is 24.4 Å². The number of aromatic nitrogens is 3. The second kappa shape index (κ2) is 5.61. The highest BCUT2D eigenvalue weighted by Crippen LogP contribution is 2.17. The third kappa shape index (κ3) is 2.76. The van der Waals surface area contributed by atoms with E-state index in [0.717, 1.165) is 47.6 Å². The second-order valence-electron chi connectivity index (χ2n) is 5.43. The van der Waals surface area contributed by atoms with Crippen LogP contribution >= 0.6 is 0 Å². The van der Waals surface area contributed by atoms with E-state index in [9.17, 15) is 4.21 Å². The van der Waals surface area contributed by atoms with Crippen molar-refractivity contribution in [1.29, 1.82) is 0 Å². The molecule has 0 atom stereocenters. The highest BCUT2D eigenvalue weighted by atomic mass is 32.2. The average Bonchev–Trinajstić information content (AvgIpc) is 2.73. The zero-order chi connectivity index (χ0) is 14.1. The molecule has 5 nitrogen and oxygen atoms in total. The number of pyridine rings is 1. The van der Waals surface area contributed by atoms with E-state index in [1.165, 1.54) is 5.56 Å². The van der Waals surface area contributed by atoms with Crippen molar-refractivity contribution in [2.45, 2.75) is 32.4 Å². The fourth-order valence-corrected chi connectivity index (χ4v) is 4.01. The number of rotatable bonds is 3. The van der Waals surface area contributed by atoms with Crippen LogP contribution in [-0.4, -0.2) is 36.5 Å². The van der Waals surface area contributed by atoms with Gasteiger partial charge in [0, 0.05) is 53.5 Å². The number of nitrogens with one attached hydrogen (secondary N) is 1. The summed E-state index contributed by atoms with van der Waals surface area (Å²) in [5.74, 6) is 1.66. The molecule has 20 heavy (non-hydrogen) atoms. The Labute approximate surface area is 121 Å². The number of nitrogens with zero attached hydrogens (tertiary/aromatic N) is 3. The molecule has 6 heteroatoms. The van der Waals surface area contributed by atoms with Gasteiger partial charge in [0.15, 0.2) is 5.65 Å². The van der Waals surface area contributed by atoms with Crippen LogP contribution < -0.4 is 5.32 Å². The maximum atomic E-state index is 11.3. The summed E-state index contributed by atoms with van der Waals surface area (Å²) in [6.07, 6.45) is 3.93. The van der Waals surface area contributed by atoms with Crippen molar-refractivity contribution < 1.29 is 4.21 Å². The van der Waals surface area contributed by atoms with Crippen LogP contribution in [0.4, 0.5) is 0 Å². The second-order valence-corrected chi connectivity index (χ2v) is 7.12. The fraction of sp³-hybridized carbons (Fsp3) is 0.571. The highest BCUT2D eigenvalue weighted by molar-refractivity contribution is 7.85. The smallest absolute Gasteiger partial charge is 0.157 e. The molecular weight excluding hydrogens is 272 g/mol. The molecule has 1 aliphatic rings. The molecule has 108 valence electrons. The molecule has 1 saturated heterocycles. The summed E-state index contributed by atoms with van der Waals surface area (Å²) < 4.78 is 13.2. The summed E-state index contributed by atoms with van der Waals surface area (Å²) >= 11 is 0. The lowest BCUT2D eigenvalue weighted by Gasteiger charge is -2.22. The topological polar surface area (TPSA) is 59.8 Å². The lowest BCUT2D eigenvalue weighted by molar-refractivity contribution is 0.475. The molecule has 0 aromatic carbocycles. The van der Waals surface area contributed by atoms with E-state index < -0.39 is 10.8 Å². The van der Waals surface area contributed by atoms with Crippen LogP contribution in [0.5, 0.6) is 0 Å². The first-order valence-corrected chi connectivity index (χ1v) is 8.49. The Balaban J connectivity index is 1.68.